The largest absolute Gasteiger partial charge is 0.397 e. The Bertz CT molecular complexity index is 1240. The second-order valence-corrected chi connectivity index (χ2v) is 20.9. The predicted molar refractivity (Wildman–Crippen MR) is 273 cm³/mol. The minimum Gasteiger partial charge on any atom is -0.394 e. The van der Waals surface area contributed by atoms with E-state index in [2.05, 4.69) is 23.3 Å². The number of carbonyl (C=O) groups is 1. The normalized spacial score (nSPS) is 19.9. The molecule has 0 aromatic heterocycles. The molecule has 1 fully saturated rings. The van der Waals surface area contributed by atoms with E-state index < -0.39 is 59.9 Å². The van der Waals surface area contributed by atoms with Crippen molar-refractivity contribution in [3.63, 3.8) is 0 Å². The summed E-state index contributed by atoms with van der Waals surface area (Å²) in [5.74, 6) is -0.256. The number of amides is 1. The highest BCUT2D eigenvalue weighted by atomic mass is 32.3. The second-order valence-electron chi connectivity index (χ2n) is 19.9. The van der Waals surface area contributed by atoms with Gasteiger partial charge in [-0.15, -0.1) is 0 Å². The molecule has 7 atom stereocenters. The number of carbonyl (C=O) groups excluding carboxylic acids is 1. The van der Waals surface area contributed by atoms with Crippen molar-refractivity contribution >= 4 is 16.3 Å². The zero-order valence-electron chi connectivity index (χ0n) is 43.0. The van der Waals surface area contributed by atoms with Crippen LogP contribution in [0.15, 0.2) is 12.2 Å². The summed E-state index contributed by atoms with van der Waals surface area (Å²) in [4.78, 5) is 13.1. The number of rotatable bonds is 49. The predicted octanol–water partition coefficient (Wildman–Crippen LogP) is 12.7. The van der Waals surface area contributed by atoms with E-state index in [0.29, 0.717) is 6.42 Å². The first-order valence-electron chi connectivity index (χ1n) is 28.1. The van der Waals surface area contributed by atoms with Crippen LogP contribution in [0.3, 0.4) is 0 Å². The van der Waals surface area contributed by atoms with Crippen molar-refractivity contribution in [3.8, 4) is 0 Å². The molecule has 13 heteroatoms. The Morgan fingerprint density at radius 1 is 0.582 bits per heavy atom. The van der Waals surface area contributed by atoms with Crippen molar-refractivity contribution in [2.24, 2.45) is 0 Å². The lowest BCUT2D eigenvalue weighted by molar-refractivity contribution is -0.298. The van der Waals surface area contributed by atoms with Crippen molar-refractivity contribution < 1.29 is 51.8 Å². The Morgan fingerprint density at radius 2 is 0.940 bits per heavy atom. The molecule has 0 bridgehead atoms. The molecule has 7 unspecified atom stereocenters. The molecule has 67 heavy (non-hydrogen) atoms. The Morgan fingerprint density at radius 3 is 1.30 bits per heavy atom. The first kappa shape index (κ1) is 63.9. The van der Waals surface area contributed by atoms with E-state index in [1.54, 1.807) is 6.08 Å². The van der Waals surface area contributed by atoms with Crippen LogP contribution in [0.25, 0.3) is 0 Å². The van der Waals surface area contributed by atoms with Crippen molar-refractivity contribution in [1.29, 1.82) is 0 Å². The minimum atomic E-state index is -5.09. The highest BCUT2D eigenvalue weighted by Crippen LogP contribution is 2.26. The number of hydrogen-bond acceptors (Lipinski definition) is 10. The fourth-order valence-electron chi connectivity index (χ4n) is 9.22. The van der Waals surface area contributed by atoms with Crippen LogP contribution in [-0.4, -0.2) is 95.4 Å². The Kier molecular flexibility index (Phi) is 42.7. The van der Waals surface area contributed by atoms with Gasteiger partial charge in [-0.05, 0) is 19.3 Å². The third-order valence-electron chi connectivity index (χ3n) is 13.6. The lowest BCUT2D eigenvalue weighted by Crippen LogP contribution is -2.61. The smallest absolute Gasteiger partial charge is 0.394 e. The van der Waals surface area contributed by atoms with E-state index in [-0.39, 0.29) is 18.9 Å². The van der Waals surface area contributed by atoms with E-state index in [1.165, 1.54) is 205 Å². The standard InChI is InChI=1S/C54H105NO11S/c1-3-5-7-9-11-13-15-17-19-21-23-25-27-29-31-33-35-37-39-41-43-48(57)47(46-64-54-52(60)53(66-67(61,62)63)51(59)49(45-56)65-54)55-50(58)44-42-40-38-36-34-32-30-28-26-24-22-20-18-16-14-12-10-8-6-4-2/h41,43,47-49,51-54,56-57,59-60H,3-40,42,44-46H2,1-2H3,(H,55,58)(H,61,62,63)/b43-41+. The summed E-state index contributed by atoms with van der Waals surface area (Å²) in [5.41, 5.74) is 0. The van der Waals surface area contributed by atoms with Crippen molar-refractivity contribution in [2.45, 2.75) is 314 Å². The molecule has 0 radical (unpaired) electrons. The number of unbranched alkanes of at least 4 members (excludes halogenated alkanes) is 37. The lowest BCUT2D eigenvalue weighted by Gasteiger charge is -2.41. The van der Waals surface area contributed by atoms with Gasteiger partial charge in [0.2, 0.25) is 5.91 Å². The van der Waals surface area contributed by atoms with Gasteiger partial charge in [0.05, 0.1) is 25.4 Å². The molecule has 1 amide bonds. The number of nitrogens with one attached hydrogen (secondary N) is 1. The summed E-state index contributed by atoms with van der Waals surface area (Å²) in [5, 5.41) is 44.9. The van der Waals surface area contributed by atoms with Gasteiger partial charge in [-0.1, -0.05) is 257 Å². The zero-order chi connectivity index (χ0) is 49.1. The monoisotopic (exact) mass is 976 g/mol. The molecular formula is C54H105NO11S. The van der Waals surface area contributed by atoms with Gasteiger partial charge >= 0.3 is 10.4 Å². The topological polar surface area (TPSA) is 192 Å². The Labute approximate surface area is 410 Å². The van der Waals surface area contributed by atoms with Gasteiger partial charge in [0, 0.05) is 6.42 Å². The molecule has 1 aliphatic rings. The third kappa shape index (κ3) is 37.3. The van der Waals surface area contributed by atoms with Crippen LogP contribution in [-0.2, 0) is 28.9 Å². The summed E-state index contributed by atoms with van der Waals surface area (Å²) < 4.78 is 47.8. The molecule has 0 spiro atoms. The average molecular weight is 976 g/mol. The van der Waals surface area contributed by atoms with Gasteiger partial charge in [-0.25, -0.2) is 4.18 Å². The molecule has 1 saturated heterocycles. The van der Waals surface area contributed by atoms with E-state index in [9.17, 15) is 38.2 Å². The average Bonchev–Trinajstić information content (AvgIpc) is 3.30. The SMILES string of the molecule is CCCCCCCCCCCCCCCCCCCC/C=C/C(O)C(COC1OC(CO)C(O)C(OS(=O)(=O)O)C1O)NC(=O)CCCCCCCCCCCCCCCCCCCCCC. The molecule has 1 aliphatic heterocycles. The van der Waals surface area contributed by atoms with Gasteiger partial charge in [-0.2, -0.15) is 8.42 Å². The number of hydrogen-bond donors (Lipinski definition) is 6. The molecular weight excluding hydrogens is 871 g/mol. The molecule has 0 aliphatic carbocycles. The summed E-state index contributed by atoms with van der Waals surface area (Å²) >= 11 is 0. The van der Waals surface area contributed by atoms with Crippen LogP contribution >= 0.6 is 0 Å². The summed E-state index contributed by atoms with van der Waals surface area (Å²) in [6.07, 6.45) is 43.9. The van der Waals surface area contributed by atoms with Crippen LogP contribution in [0.1, 0.15) is 271 Å². The van der Waals surface area contributed by atoms with Crippen LogP contribution in [0, 0.1) is 0 Å². The summed E-state index contributed by atoms with van der Waals surface area (Å²) in [7, 11) is -5.09. The maximum absolute atomic E-state index is 13.1. The number of ether oxygens (including phenoxy) is 2. The maximum atomic E-state index is 13.1. The highest BCUT2D eigenvalue weighted by molar-refractivity contribution is 7.80. The third-order valence-corrected chi connectivity index (χ3v) is 14.0. The van der Waals surface area contributed by atoms with Crippen molar-refractivity contribution in [3.05, 3.63) is 12.2 Å². The van der Waals surface area contributed by atoms with E-state index in [0.717, 1.165) is 38.5 Å². The molecule has 12 nitrogen and oxygen atoms in total. The number of allylic oxidation sites excluding steroid dienone is 1. The number of aliphatic hydroxyl groups is 4. The first-order chi connectivity index (χ1) is 32.5. The molecule has 6 N–H and O–H groups in total. The zero-order valence-corrected chi connectivity index (χ0v) is 43.8. The fourth-order valence-corrected chi connectivity index (χ4v) is 9.73. The second kappa shape index (κ2) is 44.8. The Hall–Kier alpha value is -1.16. The molecule has 1 heterocycles. The van der Waals surface area contributed by atoms with E-state index in [4.69, 9.17) is 9.47 Å². The van der Waals surface area contributed by atoms with Gasteiger partial charge in [0.1, 0.15) is 24.4 Å². The fraction of sp³-hybridized carbons (Fsp3) is 0.944. The lowest BCUT2D eigenvalue weighted by atomic mass is 9.99. The van der Waals surface area contributed by atoms with E-state index >= 15 is 0 Å². The van der Waals surface area contributed by atoms with Crippen LogP contribution in [0.5, 0.6) is 0 Å². The Balaban J connectivity index is 2.40. The molecule has 0 aromatic rings. The first-order valence-corrected chi connectivity index (χ1v) is 29.4. The van der Waals surface area contributed by atoms with Gasteiger partial charge in [-0.3, -0.25) is 9.35 Å². The van der Waals surface area contributed by atoms with Crippen LogP contribution in [0.2, 0.25) is 0 Å². The van der Waals surface area contributed by atoms with Crippen LogP contribution in [0.4, 0.5) is 0 Å². The molecule has 0 saturated carbocycles. The van der Waals surface area contributed by atoms with Gasteiger partial charge in [0.25, 0.3) is 0 Å². The molecule has 398 valence electrons. The number of aliphatic hydroxyl groups excluding tert-OH is 4. The summed E-state index contributed by atoms with van der Waals surface area (Å²) in [6.45, 7) is 3.44. The van der Waals surface area contributed by atoms with Gasteiger partial charge in [0.15, 0.2) is 6.29 Å². The highest BCUT2D eigenvalue weighted by Gasteiger charge is 2.48. The summed E-state index contributed by atoms with van der Waals surface area (Å²) in [6, 6.07) is -0.939. The maximum Gasteiger partial charge on any atom is 0.397 e. The van der Waals surface area contributed by atoms with Crippen molar-refractivity contribution in [2.75, 3.05) is 13.2 Å². The van der Waals surface area contributed by atoms with Crippen molar-refractivity contribution in [1.82, 2.24) is 5.32 Å². The molecule has 1 rings (SSSR count). The van der Waals surface area contributed by atoms with Gasteiger partial charge < -0.3 is 35.2 Å². The van der Waals surface area contributed by atoms with E-state index in [1.807, 2.05) is 6.08 Å². The minimum absolute atomic E-state index is 0.256. The van der Waals surface area contributed by atoms with Crippen LogP contribution < -0.4 is 5.32 Å². The quantitative estimate of drug-likeness (QED) is 0.0193. The molecule has 0 aromatic carbocycles.